The molecule has 0 saturated carbocycles. The number of fused-ring (bicyclic) bond motifs is 1. The predicted octanol–water partition coefficient (Wildman–Crippen LogP) is 4.16. The Bertz CT molecular complexity index is 1430. The highest BCUT2D eigenvalue weighted by Crippen LogP contribution is 2.33. The van der Waals surface area contributed by atoms with E-state index in [-0.39, 0.29) is 0 Å². The summed E-state index contributed by atoms with van der Waals surface area (Å²) in [5.74, 6) is 2.74. The lowest BCUT2D eigenvalue weighted by Crippen LogP contribution is -2.02. The number of para-hydroxylation sites is 1. The summed E-state index contributed by atoms with van der Waals surface area (Å²) in [4.78, 5) is 12.7. The molecule has 2 aromatic carbocycles. The van der Waals surface area contributed by atoms with Gasteiger partial charge in [-0.25, -0.2) is 15.0 Å². The first kappa shape index (κ1) is 21.9. The van der Waals surface area contributed by atoms with Gasteiger partial charge in [-0.1, -0.05) is 41.6 Å². The second kappa shape index (κ2) is 9.52. The van der Waals surface area contributed by atoms with Gasteiger partial charge >= 0.3 is 0 Å². The number of benzene rings is 2. The van der Waals surface area contributed by atoms with E-state index < -0.39 is 0 Å². The summed E-state index contributed by atoms with van der Waals surface area (Å²) in [6.07, 6.45) is 4.12. The molecule has 2 N–H and O–H groups in total. The first-order chi connectivity index (χ1) is 16.7. The maximum Gasteiger partial charge on any atom is 0.196 e. The van der Waals surface area contributed by atoms with E-state index in [1.165, 1.54) is 11.9 Å². The number of nitrogen functional groups attached to an aromatic ring is 1. The van der Waals surface area contributed by atoms with Crippen molar-refractivity contribution in [3.8, 4) is 22.8 Å². The Balaban J connectivity index is 1.39. The fourth-order valence-corrected chi connectivity index (χ4v) is 4.63. The van der Waals surface area contributed by atoms with Gasteiger partial charge in [-0.05, 0) is 37.6 Å². The number of nitrogens with zero attached hydrogens (tertiary/aromatic N) is 7. The van der Waals surface area contributed by atoms with Crippen LogP contribution in [0.3, 0.4) is 0 Å². The molecular formula is C24H24N8OS. The Morgan fingerprint density at radius 1 is 1.00 bits per heavy atom. The number of nitrogens with two attached hydrogens (primary N) is 1. The summed E-state index contributed by atoms with van der Waals surface area (Å²) in [6.45, 7) is 2.84. The first-order valence-corrected chi connectivity index (χ1v) is 11.8. The van der Waals surface area contributed by atoms with E-state index in [4.69, 9.17) is 10.5 Å². The number of aromatic nitrogens is 7. The molecule has 172 valence electrons. The van der Waals surface area contributed by atoms with Crippen LogP contribution >= 0.6 is 11.8 Å². The lowest BCUT2D eigenvalue weighted by molar-refractivity contribution is 0.416. The zero-order valence-corrected chi connectivity index (χ0v) is 19.7. The van der Waals surface area contributed by atoms with Crippen molar-refractivity contribution in [2.45, 2.75) is 25.0 Å². The highest BCUT2D eigenvalue weighted by Gasteiger charge is 2.19. The Kier molecular flexibility index (Phi) is 6.13. The minimum absolute atomic E-state index is 0.396. The fraction of sp³-hybridized carbons (Fsp3) is 0.208. The lowest BCUT2D eigenvalue weighted by Gasteiger charge is -2.13. The molecule has 0 saturated heterocycles. The molecule has 9 nitrogen and oxygen atoms in total. The second-order valence-corrected chi connectivity index (χ2v) is 8.81. The summed E-state index contributed by atoms with van der Waals surface area (Å²) in [5, 5.41) is 9.89. The number of thioether (sulfide) groups is 1. The molecule has 0 spiro atoms. The smallest absolute Gasteiger partial charge is 0.196 e. The molecular weight excluding hydrogens is 448 g/mol. The van der Waals surface area contributed by atoms with Gasteiger partial charge in [0.1, 0.15) is 17.6 Å². The van der Waals surface area contributed by atoms with Crippen molar-refractivity contribution in [1.82, 2.24) is 34.3 Å². The number of imidazole rings is 1. The maximum atomic E-state index is 5.89. The van der Waals surface area contributed by atoms with E-state index in [1.54, 1.807) is 25.2 Å². The van der Waals surface area contributed by atoms with Gasteiger partial charge in [0.2, 0.25) is 0 Å². The topological polar surface area (TPSA) is 110 Å². The third kappa shape index (κ3) is 4.19. The number of anilines is 1. The van der Waals surface area contributed by atoms with Crippen molar-refractivity contribution in [2.24, 2.45) is 0 Å². The number of aryl methyl sites for hydroxylation is 2. The molecule has 3 heterocycles. The summed E-state index contributed by atoms with van der Waals surface area (Å²) in [6, 6.07) is 16.2. The summed E-state index contributed by atoms with van der Waals surface area (Å²) >= 11 is 1.66. The number of ether oxygens (including phenoxy) is 1. The Morgan fingerprint density at radius 3 is 2.65 bits per heavy atom. The monoisotopic (exact) mass is 472 g/mol. The normalized spacial score (nSPS) is 11.2. The fourth-order valence-electron chi connectivity index (χ4n) is 3.75. The van der Waals surface area contributed by atoms with Crippen LogP contribution in [0.25, 0.3) is 28.2 Å². The van der Waals surface area contributed by atoms with Gasteiger partial charge in [-0.15, -0.1) is 10.2 Å². The molecule has 0 radical (unpaired) electrons. The average molecular weight is 473 g/mol. The minimum Gasteiger partial charge on any atom is -0.496 e. The van der Waals surface area contributed by atoms with Gasteiger partial charge in [0.05, 0.1) is 19.0 Å². The summed E-state index contributed by atoms with van der Waals surface area (Å²) < 4.78 is 9.67. The quantitative estimate of drug-likeness (QED) is 0.265. The molecule has 5 rings (SSSR count). The van der Waals surface area contributed by atoms with Crippen LogP contribution in [0, 0.1) is 6.92 Å². The Labute approximate surface area is 201 Å². The molecule has 0 atom stereocenters. The third-order valence-electron chi connectivity index (χ3n) is 5.48. The Morgan fingerprint density at radius 2 is 1.82 bits per heavy atom. The van der Waals surface area contributed by atoms with Crippen molar-refractivity contribution in [3.63, 3.8) is 0 Å². The van der Waals surface area contributed by atoms with Crippen molar-refractivity contribution < 1.29 is 4.74 Å². The molecule has 0 aliphatic rings. The molecule has 0 fully saturated rings. The van der Waals surface area contributed by atoms with Crippen LogP contribution in [0.1, 0.15) is 12.0 Å². The van der Waals surface area contributed by atoms with Gasteiger partial charge in [-0.3, -0.25) is 4.57 Å². The molecule has 34 heavy (non-hydrogen) atoms. The second-order valence-electron chi connectivity index (χ2n) is 7.75. The van der Waals surface area contributed by atoms with Gasteiger partial charge in [0, 0.05) is 18.0 Å². The highest BCUT2D eigenvalue weighted by atomic mass is 32.2. The molecule has 0 unspecified atom stereocenters. The maximum absolute atomic E-state index is 5.89. The molecule has 0 amide bonds. The SMILES string of the molecule is COc1ccccc1-c1nnc(SCCCn2cnc3c(N)ncnc32)n1-c1ccc(C)cc1. The van der Waals surface area contributed by atoms with Crippen LogP contribution in [0.15, 0.2) is 66.3 Å². The standard InChI is InChI=1S/C24H24N8OS/c1-16-8-10-17(11-9-16)32-22(18-6-3-4-7-19(18)33-2)29-30-24(32)34-13-5-12-31-15-28-20-21(25)26-14-27-23(20)31/h3-4,6-11,14-15H,5,12-13H2,1-2H3,(H2,25,26,27). The van der Waals surface area contributed by atoms with Gasteiger partial charge in [0.25, 0.3) is 0 Å². The molecule has 5 aromatic rings. The van der Waals surface area contributed by atoms with E-state index in [9.17, 15) is 0 Å². The van der Waals surface area contributed by atoms with Gasteiger partial charge in [-0.2, -0.15) is 0 Å². The number of hydrogen-bond acceptors (Lipinski definition) is 8. The molecule has 0 aliphatic carbocycles. The Hall–Kier alpha value is -3.92. The molecule has 0 bridgehead atoms. The first-order valence-electron chi connectivity index (χ1n) is 10.9. The molecule has 0 aliphatic heterocycles. The largest absolute Gasteiger partial charge is 0.496 e. The van der Waals surface area contributed by atoms with Gasteiger partial charge < -0.3 is 15.0 Å². The van der Waals surface area contributed by atoms with Crippen LogP contribution in [0.4, 0.5) is 5.82 Å². The molecule has 10 heteroatoms. The highest BCUT2D eigenvalue weighted by molar-refractivity contribution is 7.99. The van der Waals surface area contributed by atoms with Crippen molar-refractivity contribution in [3.05, 3.63) is 66.7 Å². The van der Waals surface area contributed by atoms with E-state index in [0.29, 0.717) is 11.3 Å². The van der Waals surface area contributed by atoms with E-state index in [2.05, 4.69) is 60.9 Å². The van der Waals surface area contributed by atoms with E-state index in [0.717, 1.165) is 52.3 Å². The summed E-state index contributed by atoms with van der Waals surface area (Å²) in [7, 11) is 1.67. The zero-order chi connectivity index (χ0) is 23.5. The average Bonchev–Trinajstić information content (AvgIpc) is 3.47. The number of rotatable bonds is 8. The van der Waals surface area contributed by atoms with Crippen LogP contribution in [-0.2, 0) is 6.54 Å². The van der Waals surface area contributed by atoms with Gasteiger partial charge in [0.15, 0.2) is 22.4 Å². The van der Waals surface area contributed by atoms with Crippen molar-refractivity contribution >= 4 is 28.7 Å². The summed E-state index contributed by atoms with van der Waals surface area (Å²) in [5.41, 5.74) is 10.4. The van der Waals surface area contributed by atoms with Crippen LogP contribution in [0.2, 0.25) is 0 Å². The predicted molar refractivity (Wildman–Crippen MR) is 133 cm³/mol. The van der Waals surface area contributed by atoms with Crippen molar-refractivity contribution in [2.75, 3.05) is 18.6 Å². The third-order valence-corrected chi connectivity index (χ3v) is 6.49. The molecule has 3 aromatic heterocycles. The van der Waals surface area contributed by atoms with Crippen LogP contribution in [-0.4, -0.2) is 47.1 Å². The van der Waals surface area contributed by atoms with Crippen molar-refractivity contribution in [1.29, 1.82) is 0 Å². The number of methoxy groups -OCH3 is 1. The van der Waals surface area contributed by atoms with Crippen LogP contribution < -0.4 is 10.5 Å². The lowest BCUT2D eigenvalue weighted by atomic mass is 10.1. The minimum atomic E-state index is 0.396. The van der Waals surface area contributed by atoms with E-state index >= 15 is 0 Å². The zero-order valence-electron chi connectivity index (χ0n) is 18.9. The van der Waals surface area contributed by atoms with E-state index in [1.807, 2.05) is 28.8 Å². The van der Waals surface area contributed by atoms with Crippen LogP contribution in [0.5, 0.6) is 5.75 Å². The number of hydrogen-bond donors (Lipinski definition) is 1.